The van der Waals surface area contributed by atoms with E-state index in [0.29, 0.717) is 145 Å². The molecule has 0 aliphatic carbocycles. The summed E-state index contributed by atoms with van der Waals surface area (Å²) in [4.78, 5) is 11.8. The van der Waals surface area contributed by atoms with E-state index in [2.05, 4.69) is 13.8 Å². The number of hydrogen-bond donors (Lipinski definition) is 0. The molecule has 390 valence electrons. The Kier molecular flexibility index (Phi) is 60.1. The van der Waals surface area contributed by atoms with Gasteiger partial charge in [0.05, 0.1) is 139 Å². The Morgan fingerprint density at radius 1 is 0.215 bits per heavy atom. The highest BCUT2D eigenvalue weighted by molar-refractivity contribution is 5.69. The van der Waals surface area contributed by atoms with Crippen molar-refractivity contribution in [3.05, 3.63) is 0 Å². The van der Waals surface area contributed by atoms with E-state index in [0.717, 1.165) is 25.9 Å². The summed E-state index contributed by atoms with van der Waals surface area (Å²) in [5, 5.41) is 0. The Balaban J connectivity index is 3.10. The van der Waals surface area contributed by atoms with Gasteiger partial charge in [-0.15, -0.1) is 0 Å². The van der Waals surface area contributed by atoms with Gasteiger partial charge in [-0.05, 0) is 12.8 Å². The molecule has 0 aromatic carbocycles. The van der Waals surface area contributed by atoms with Crippen LogP contribution < -0.4 is 0 Å². The SMILES string of the molecule is CCCCCCCCCCCCCCCCCCOCCOCCOCCOCCOCCOCCOCCOCCOCCOCCOCCOC(=O)CCCCCCCCCCC. The van der Waals surface area contributed by atoms with Crippen LogP contribution in [0.4, 0.5) is 0 Å². The summed E-state index contributed by atoms with van der Waals surface area (Å²) < 4.78 is 66.2. The Hall–Kier alpha value is -0.970. The molecule has 0 bridgehead atoms. The number of carbonyl (C=O) groups excluding carboxylic acids is 1. The summed E-state index contributed by atoms with van der Waals surface area (Å²) in [6, 6.07) is 0. The molecule has 0 aromatic rings. The Morgan fingerprint density at radius 2 is 0.400 bits per heavy atom. The summed E-state index contributed by atoms with van der Waals surface area (Å²) in [5.74, 6) is -0.134. The highest BCUT2D eigenvalue weighted by Crippen LogP contribution is 2.14. The number of rotatable bonds is 60. The van der Waals surface area contributed by atoms with Crippen LogP contribution in [0.15, 0.2) is 0 Å². The van der Waals surface area contributed by atoms with Crippen molar-refractivity contribution in [2.24, 2.45) is 0 Å². The minimum atomic E-state index is -0.134. The van der Waals surface area contributed by atoms with Crippen LogP contribution in [0.3, 0.4) is 0 Å². The van der Waals surface area contributed by atoms with Crippen molar-refractivity contribution >= 4 is 5.97 Å². The molecule has 0 unspecified atom stereocenters. The molecule has 0 aliphatic heterocycles. The number of ether oxygens (including phenoxy) is 12. The third kappa shape index (κ3) is 61.0. The highest BCUT2D eigenvalue weighted by Gasteiger charge is 2.03. The van der Waals surface area contributed by atoms with E-state index in [1.807, 2.05) is 0 Å². The average molecular weight is 937 g/mol. The molecule has 0 atom stereocenters. The quantitative estimate of drug-likeness (QED) is 0.0424. The minimum absolute atomic E-state index is 0.134. The molecule has 0 rings (SSSR count). The van der Waals surface area contributed by atoms with Crippen LogP contribution in [-0.2, 0) is 61.6 Å². The zero-order valence-electron chi connectivity index (χ0n) is 42.5. The Morgan fingerprint density at radius 3 is 0.646 bits per heavy atom. The predicted molar refractivity (Wildman–Crippen MR) is 261 cm³/mol. The van der Waals surface area contributed by atoms with Crippen molar-refractivity contribution in [1.82, 2.24) is 0 Å². The van der Waals surface area contributed by atoms with Gasteiger partial charge < -0.3 is 56.8 Å². The van der Waals surface area contributed by atoms with Crippen LogP contribution in [0.1, 0.15) is 181 Å². The maximum Gasteiger partial charge on any atom is 0.305 e. The standard InChI is InChI=1S/C52H104O13/c1-3-5-7-9-11-13-14-15-16-17-18-19-21-23-25-27-29-54-30-31-55-32-33-56-34-35-57-36-37-58-38-39-59-40-41-60-42-43-61-44-45-62-46-47-63-48-49-64-50-51-65-52(53)28-26-24-22-20-12-10-8-6-4-2/h3-51H2,1-2H3. The first-order valence-electron chi connectivity index (χ1n) is 26.8. The fraction of sp³-hybridized carbons (Fsp3) is 0.981. The number of hydrogen-bond acceptors (Lipinski definition) is 13. The number of carbonyl (C=O) groups is 1. The van der Waals surface area contributed by atoms with Crippen molar-refractivity contribution in [1.29, 1.82) is 0 Å². The average Bonchev–Trinajstić information content (AvgIpc) is 3.31. The molecular formula is C52H104O13. The molecule has 0 spiro atoms. The third-order valence-electron chi connectivity index (χ3n) is 10.8. The van der Waals surface area contributed by atoms with E-state index in [1.54, 1.807) is 0 Å². The van der Waals surface area contributed by atoms with E-state index in [9.17, 15) is 4.79 Å². The van der Waals surface area contributed by atoms with E-state index >= 15 is 0 Å². The lowest BCUT2D eigenvalue weighted by Gasteiger charge is -2.09. The fourth-order valence-corrected chi connectivity index (χ4v) is 6.92. The highest BCUT2D eigenvalue weighted by atomic mass is 16.6. The molecule has 13 heteroatoms. The normalized spacial score (nSPS) is 11.6. The van der Waals surface area contributed by atoms with Gasteiger partial charge >= 0.3 is 5.97 Å². The number of esters is 1. The van der Waals surface area contributed by atoms with Gasteiger partial charge in [0.1, 0.15) is 6.61 Å². The van der Waals surface area contributed by atoms with Crippen LogP contribution in [-0.4, -0.2) is 158 Å². The molecular weight excluding hydrogens is 833 g/mol. The molecule has 65 heavy (non-hydrogen) atoms. The summed E-state index contributed by atoms with van der Waals surface area (Å²) in [6.45, 7) is 16.5. The summed E-state index contributed by atoms with van der Waals surface area (Å²) >= 11 is 0. The van der Waals surface area contributed by atoms with E-state index in [4.69, 9.17) is 56.8 Å². The van der Waals surface area contributed by atoms with Gasteiger partial charge in [0.2, 0.25) is 0 Å². The van der Waals surface area contributed by atoms with Crippen molar-refractivity contribution < 1.29 is 61.6 Å². The largest absolute Gasteiger partial charge is 0.463 e. The van der Waals surface area contributed by atoms with Gasteiger partial charge in [-0.1, -0.05) is 162 Å². The molecule has 0 aromatic heterocycles. The molecule has 0 N–H and O–H groups in total. The summed E-state index contributed by atoms with van der Waals surface area (Å²) in [7, 11) is 0. The van der Waals surface area contributed by atoms with Crippen LogP contribution in [0, 0.1) is 0 Å². The van der Waals surface area contributed by atoms with Crippen LogP contribution in [0.25, 0.3) is 0 Å². The Labute approximate surface area is 399 Å². The Bertz CT molecular complexity index is 856. The third-order valence-corrected chi connectivity index (χ3v) is 10.8. The number of unbranched alkanes of at least 4 members (excludes halogenated alkanes) is 23. The van der Waals surface area contributed by atoms with Gasteiger partial charge in [-0.25, -0.2) is 0 Å². The first-order valence-corrected chi connectivity index (χ1v) is 26.8. The topological polar surface area (TPSA) is 128 Å². The van der Waals surface area contributed by atoms with E-state index < -0.39 is 0 Å². The zero-order chi connectivity index (χ0) is 46.7. The van der Waals surface area contributed by atoms with Crippen LogP contribution in [0.2, 0.25) is 0 Å². The maximum absolute atomic E-state index is 11.8. The molecule has 0 fully saturated rings. The van der Waals surface area contributed by atoms with Crippen molar-refractivity contribution in [3.63, 3.8) is 0 Å². The monoisotopic (exact) mass is 937 g/mol. The van der Waals surface area contributed by atoms with Gasteiger partial charge in [0, 0.05) is 13.0 Å². The van der Waals surface area contributed by atoms with Crippen molar-refractivity contribution in [2.45, 2.75) is 181 Å². The minimum Gasteiger partial charge on any atom is -0.463 e. The van der Waals surface area contributed by atoms with E-state index in [-0.39, 0.29) is 12.6 Å². The lowest BCUT2D eigenvalue weighted by atomic mass is 10.0. The second-order valence-corrected chi connectivity index (χ2v) is 16.8. The molecule has 0 amide bonds. The van der Waals surface area contributed by atoms with Gasteiger partial charge in [-0.3, -0.25) is 4.79 Å². The molecule has 0 heterocycles. The van der Waals surface area contributed by atoms with Crippen LogP contribution >= 0.6 is 0 Å². The predicted octanol–water partition coefficient (Wildman–Crippen LogP) is 10.9. The second kappa shape index (κ2) is 61.0. The summed E-state index contributed by atoms with van der Waals surface area (Å²) in [5.41, 5.74) is 0. The van der Waals surface area contributed by atoms with Crippen molar-refractivity contribution in [2.75, 3.05) is 152 Å². The van der Waals surface area contributed by atoms with Gasteiger partial charge in [-0.2, -0.15) is 0 Å². The molecule has 0 saturated heterocycles. The zero-order valence-corrected chi connectivity index (χ0v) is 42.5. The molecule has 0 aliphatic rings. The van der Waals surface area contributed by atoms with Gasteiger partial charge in [0.15, 0.2) is 0 Å². The van der Waals surface area contributed by atoms with Crippen molar-refractivity contribution in [3.8, 4) is 0 Å². The lowest BCUT2D eigenvalue weighted by molar-refractivity contribution is -0.145. The second-order valence-electron chi connectivity index (χ2n) is 16.8. The molecule has 0 radical (unpaired) electrons. The maximum atomic E-state index is 11.8. The lowest BCUT2D eigenvalue weighted by Crippen LogP contribution is -2.15. The van der Waals surface area contributed by atoms with Gasteiger partial charge in [0.25, 0.3) is 0 Å². The smallest absolute Gasteiger partial charge is 0.305 e. The fourth-order valence-electron chi connectivity index (χ4n) is 6.92. The first kappa shape index (κ1) is 64.0. The summed E-state index contributed by atoms with van der Waals surface area (Å²) in [6.07, 6.45) is 33.8. The molecule has 0 saturated carbocycles. The van der Waals surface area contributed by atoms with E-state index in [1.165, 1.54) is 141 Å². The first-order chi connectivity index (χ1) is 32.3. The molecule has 13 nitrogen and oxygen atoms in total. The van der Waals surface area contributed by atoms with Crippen LogP contribution in [0.5, 0.6) is 0 Å².